The molecule has 0 aliphatic rings. The Morgan fingerprint density at radius 3 is 2.48 bits per heavy atom. The fourth-order valence-electron chi connectivity index (χ4n) is 2.61. The van der Waals surface area contributed by atoms with Gasteiger partial charge in [0, 0.05) is 23.6 Å². The second kappa shape index (κ2) is 6.69. The Hall–Kier alpha value is -2.56. The Balaban J connectivity index is 2.29. The van der Waals surface area contributed by atoms with Crippen molar-refractivity contribution in [1.29, 1.82) is 0 Å². The summed E-state index contributed by atoms with van der Waals surface area (Å²) in [6.45, 7) is 7.56. The summed E-state index contributed by atoms with van der Waals surface area (Å²) in [5.41, 5.74) is 4.55. The van der Waals surface area contributed by atoms with E-state index in [9.17, 15) is 9.59 Å². The van der Waals surface area contributed by atoms with Gasteiger partial charge < -0.3 is 15.0 Å². The van der Waals surface area contributed by atoms with Gasteiger partial charge in [0.15, 0.2) is 0 Å². The smallest absolute Gasteiger partial charge is 0.308 e. The van der Waals surface area contributed by atoms with Crippen LogP contribution in [-0.4, -0.2) is 28.1 Å². The molecule has 2 rings (SSSR count). The van der Waals surface area contributed by atoms with E-state index in [-0.39, 0.29) is 12.5 Å². The van der Waals surface area contributed by atoms with E-state index >= 15 is 0 Å². The van der Waals surface area contributed by atoms with Crippen molar-refractivity contribution in [2.24, 2.45) is 5.92 Å². The number of amides is 1. The number of hydrogen-bond acceptors (Lipinski definition) is 2. The van der Waals surface area contributed by atoms with Crippen molar-refractivity contribution in [2.45, 2.75) is 27.7 Å². The van der Waals surface area contributed by atoms with Crippen molar-refractivity contribution < 1.29 is 14.7 Å². The van der Waals surface area contributed by atoms with Crippen LogP contribution in [0.15, 0.2) is 30.3 Å². The highest BCUT2D eigenvalue weighted by atomic mass is 16.4. The molecule has 2 aromatic rings. The van der Waals surface area contributed by atoms with Gasteiger partial charge in [-0.2, -0.15) is 0 Å². The number of benzene rings is 1. The molecule has 1 heterocycles. The first-order valence-electron chi connectivity index (χ1n) is 7.59. The zero-order chi connectivity index (χ0) is 17.1. The number of aromatic nitrogens is 1. The SMILES string of the molecule is Cc1ccccc1-n1c(C)cc(C(=O)NCC(C)C(=O)O)c1C. The van der Waals surface area contributed by atoms with Gasteiger partial charge in [0.05, 0.1) is 11.5 Å². The minimum atomic E-state index is -0.921. The largest absolute Gasteiger partial charge is 0.481 e. The summed E-state index contributed by atoms with van der Waals surface area (Å²) < 4.78 is 2.05. The maximum Gasteiger partial charge on any atom is 0.308 e. The number of nitrogens with zero attached hydrogens (tertiary/aromatic N) is 1. The maximum atomic E-state index is 12.4. The van der Waals surface area contributed by atoms with Crippen LogP contribution in [0, 0.1) is 26.7 Å². The molecule has 2 N–H and O–H groups in total. The van der Waals surface area contributed by atoms with Crippen molar-refractivity contribution in [3.63, 3.8) is 0 Å². The fourth-order valence-corrected chi connectivity index (χ4v) is 2.61. The molecule has 0 saturated carbocycles. The minimum Gasteiger partial charge on any atom is -0.481 e. The van der Waals surface area contributed by atoms with Gasteiger partial charge in [0.1, 0.15) is 0 Å². The second-order valence-electron chi connectivity index (χ2n) is 5.86. The first kappa shape index (κ1) is 16.8. The molecule has 0 aliphatic heterocycles. The molecular formula is C18H22N2O3. The van der Waals surface area contributed by atoms with Gasteiger partial charge in [-0.05, 0) is 38.5 Å². The van der Waals surface area contributed by atoms with Crippen molar-refractivity contribution in [3.8, 4) is 5.69 Å². The lowest BCUT2D eigenvalue weighted by Crippen LogP contribution is -2.31. The lowest BCUT2D eigenvalue weighted by molar-refractivity contribution is -0.140. The molecule has 0 bridgehead atoms. The molecule has 0 fully saturated rings. The third-order valence-electron chi connectivity index (χ3n) is 4.02. The van der Waals surface area contributed by atoms with Gasteiger partial charge in [-0.3, -0.25) is 9.59 Å². The molecule has 0 spiro atoms. The van der Waals surface area contributed by atoms with Gasteiger partial charge in [0.2, 0.25) is 0 Å². The van der Waals surface area contributed by atoms with Gasteiger partial charge in [-0.15, -0.1) is 0 Å². The minimum absolute atomic E-state index is 0.113. The molecule has 0 aliphatic carbocycles. The van der Waals surface area contributed by atoms with Gasteiger partial charge in [-0.1, -0.05) is 25.1 Å². The van der Waals surface area contributed by atoms with E-state index in [1.807, 2.05) is 55.7 Å². The Kier molecular flexibility index (Phi) is 4.89. The van der Waals surface area contributed by atoms with Crippen molar-refractivity contribution in [1.82, 2.24) is 9.88 Å². The fraction of sp³-hybridized carbons (Fsp3) is 0.333. The zero-order valence-electron chi connectivity index (χ0n) is 13.9. The number of nitrogens with one attached hydrogen (secondary N) is 1. The molecule has 0 radical (unpaired) electrons. The van der Waals surface area contributed by atoms with E-state index in [1.165, 1.54) is 0 Å². The number of rotatable bonds is 5. The number of carbonyl (C=O) groups excluding carboxylic acids is 1. The molecule has 1 aromatic heterocycles. The molecule has 1 atom stereocenters. The van der Waals surface area contributed by atoms with Gasteiger partial charge in [0.25, 0.3) is 5.91 Å². The topological polar surface area (TPSA) is 71.3 Å². The number of aryl methyl sites for hydroxylation is 2. The number of aliphatic carboxylic acids is 1. The highest BCUT2D eigenvalue weighted by Crippen LogP contribution is 2.23. The predicted molar refractivity (Wildman–Crippen MR) is 89.1 cm³/mol. The van der Waals surface area contributed by atoms with Crippen LogP contribution in [-0.2, 0) is 4.79 Å². The van der Waals surface area contributed by atoms with Crippen molar-refractivity contribution in [2.75, 3.05) is 6.54 Å². The lowest BCUT2D eigenvalue weighted by atomic mass is 10.1. The van der Waals surface area contributed by atoms with E-state index in [4.69, 9.17) is 5.11 Å². The van der Waals surface area contributed by atoms with Crippen LogP contribution in [0.25, 0.3) is 5.69 Å². The Morgan fingerprint density at radius 1 is 1.22 bits per heavy atom. The molecular weight excluding hydrogens is 292 g/mol. The number of para-hydroxylation sites is 1. The maximum absolute atomic E-state index is 12.4. The standard InChI is InChI=1S/C18H22N2O3/c1-11-7-5-6-8-16(11)20-13(3)9-15(14(20)4)17(21)19-10-12(2)18(22)23/h5-9,12H,10H2,1-4H3,(H,19,21)(H,22,23). The van der Waals surface area contributed by atoms with E-state index < -0.39 is 11.9 Å². The van der Waals surface area contributed by atoms with E-state index in [0.29, 0.717) is 5.56 Å². The van der Waals surface area contributed by atoms with Gasteiger partial charge in [-0.25, -0.2) is 0 Å². The molecule has 1 aromatic carbocycles. The summed E-state index contributed by atoms with van der Waals surface area (Å²) in [6, 6.07) is 9.83. The molecule has 1 unspecified atom stereocenters. The average molecular weight is 314 g/mol. The molecule has 5 heteroatoms. The van der Waals surface area contributed by atoms with Crippen LogP contribution in [0.3, 0.4) is 0 Å². The quantitative estimate of drug-likeness (QED) is 0.891. The summed E-state index contributed by atoms with van der Waals surface area (Å²) in [4.78, 5) is 23.2. The summed E-state index contributed by atoms with van der Waals surface area (Å²) in [5.74, 6) is -1.78. The van der Waals surface area contributed by atoms with Crippen LogP contribution in [0.5, 0.6) is 0 Å². The molecule has 0 saturated heterocycles. The van der Waals surface area contributed by atoms with Gasteiger partial charge >= 0.3 is 5.97 Å². The number of carboxylic acids is 1. The summed E-state index contributed by atoms with van der Waals surface area (Å²) in [7, 11) is 0. The highest BCUT2D eigenvalue weighted by molar-refractivity contribution is 5.96. The highest BCUT2D eigenvalue weighted by Gasteiger charge is 2.19. The average Bonchev–Trinajstić information content (AvgIpc) is 2.80. The van der Waals surface area contributed by atoms with Crippen LogP contribution in [0.1, 0.15) is 34.2 Å². The normalized spacial score (nSPS) is 12.0. The zero-order valence-corrected chi connectivity index (χ0v) is 13.9. The van der Waals surface area contributed by atoms with Crippen LogP contribution >= 0.6 is 0 Å². The number of carboxylic acid groups (broad SMARTS) is 1. The summed E-state index contributed by atoms with van der Waals surface area (Å²) in [5, 5.41) is 11.6. The Labute approximate surface area is 135 Å². The third-order valence-corrected chi connectivity index (χ3v) is 4.02. The lowest BCUT2D eigenvalue weighted by Gasteiger charge is -2.13. The second-order valence-corrected chi connectivity index (χ2v) is 5.86. The summed E-state index contributed by atoms with van der Waals surface area (Å²) >= 11 is 0. The molecule has 1 amide bonds. The first-order chi connectivity index (χ1) is 10.8. The van der Waals surface area contributed by atoms with E-state index in [0.717, 1.165) is 22.6 Å². The molecule has 23 heavy (non-hydrogen) atoms. The van der Waals surface area contributed by atoms with E-state index in [2.05, 4.69) is 5.32 Å². The third kappa shape index (κ3) is 3.44. The number of hydrogen-bond donors (Lipinski definition) is 2. The van der Waals surface area contributed by atoms with Crippen molar-refractivity contribution in [3.05, 3.63) is 52.8 Å². The van der Waals surface area contributed by atoms with Crippen LogP contribution < -0.4 is 5.32 Å². The Morgan fingerprint density at radius 2 is 1.87 bits per heavy atom. The molecule has 5 nitrogen and oxygen atoms in total. The van der Waals surface area contributed by atoms with Crippen molar-refractivity contribution >= 4 is 11.9 Å². The monoisotopic (exact) mass is 314 g/mol. The number of carbonyl (C=O) groups is 2. The molecule has 122 valence electrons. The summed E-state index contributed by atoms with van der Waals surface area (Å²) in [6.07, 6.45) is 0. The first-order valence-corrected chi connectivity index (χ1v) is 7.59. The van der Waals surface area contributed by atoms with E-state index in [1.54, 1.807) is 6.92 Å². The van der Waals surface area contributed by atoms with Crippen LogP contribution in [0.2, 0.25) is 0 Å². The van der Waals surface area contributed by atoms with Crippen LogP contribution in [0.4, 0.5) is 0 Å². The Bertz CT molecular complexity index is 747. The predicted octanol–water partition coefficient (Wildman–Crippen LogP) is 2.85.